The third kappa shape index (κ3) is 7.44. The van der Waals surface area contributed by atoms with Gasteiger partial charge in [0.2, 0.25) is 5.91 Å². The lowest BCUT2D eigenvalue weighted by Gasteiger charge is -2.08. The summed E-state index contributed by atoms with van der Waals surface area (Å²) in [7, 11) is 0. The van der Waals surface area contributed by atoms with Crippen molar-refractivity contribution in [2.24, 2.45) is 0 Å². The first-order chi connectivity index (χ1) is 11.6. The molecular formula is C18H28N2O4. The monoisotopic (exact) mass is 336 g/mol. The number of hydrogen-bond donors (Lipinski definition) is 2. The molecule has 1 heterocycles. The Morgan fingerprint density at radius 1 is 1.08 bits per heavy atom. The average Bonchev–Trinajstić information content (AvgIpc) is 2.53. The Morgan fingerprint density at radius 3 is 2.25 bits per heavy atom. The number of hydrogen-bond acceptors (Lipinski definition) is 3. The Hall–Kier alpha value is -2.11. The molecule has 0 aliphatic carbocycles. The minimum absolute atomic E-state index is 0.0425. The largest absolute Gasteiger partial charge is 0.618 e. The second-order valence-corrected chi connectivity index (χ2v) is 6.03. The van der Waals surface area contributed by atoms with Crippen LogP contribution in [0.25, 0.3) is 0 Å². The summed E-state index contributed by atoms with van der Waals surface area (Å²) in [5.41, 5.74) is -0.418. The number of aromatic nitrogens is 1. The summed E-state index contributed by atoms with van der Waals surface area (Å²) in [4.78, 5) is 23.0. The lowest BCUT2D eigenvalue weighted by molar-refractivity contribution is -0.607. The number of pyridine rings is 1. The van der Waals surface area contributed by atoms with Crippen molar-refractivity contribution in [1.82, 2.24) is 0 Å². The van der Waals surface area contributed by atoms with Crippen LogP contribution < -0.4 is 10.0 Å². The molecule has 0 radical (unpaired) electrons. The molecule has 0 saturated carbocycles. The molecule has 0 aliphatic rings. The Kier molecular flexibility index (Phi) is 9.49. The maximum Gasteiger partial charge on any atom is 0.404 e. The number of carbonyl (C=O) groups excluding carboxylic acids is 1. The molecule has 0 unspecified atom stereocenters. The fraction of sp³-hybridized carbons (Fsp3) is 0.611. The predicted molar refractivity (Wildman–Crippen MR) is 92.8 cm³/mol. The number of amides is 1. The van der Waals surface area contributed by atoms with Crippen molar-refractivity contribution in [3.8, 4) is 0 Å². The molecule has 0 bridgehead atoms. The quantitative estimate of drug-likeness (QED) is 0.344. The summed E-state index contributed by atoms with van der Waals surface area (Å²) in [6, 6.07) is 2.83. The fourth-order valence-corrected chi connectivity index (χ4v) is 2.61. The van der Waals surface area contributed by atoms with E-state index in [1.165, 1.54) is 50.7 Å². The molecule has 0 aliphatic heterocycles. The van der Waals surface area contributed by atoms with Crippen molar-refractivity contribution in [2.75, 3.05) is 5.32 Å². The number of anilines is 1. The van der Waals surface area contributed by atoms with Gasteiger partial charge < -0.3 is 15.6 Å². The molecule has 0 fully saturated rings. The number of nitrogens with one attached hydrogen (secondary N) is 1. The number of carbonyl (C=O) groups is 2. The predicted octanol–water partition coefficient (Wildman–Crippen LogP) is 3.88. The first kappa shape index (κ1) is 19.9. The third-order valence-electron chi connectivity index (χ3n) is 3.94. The molecule has 1 aromatic rings. The highest BCUT2D eigenvalue weighted by molar-refractivity contribution is 5.98. The van der Waals surface area contributed by atoms with Crippen LogP contribution in [0.3, 0.4) is 0 Å². The van der Waals surface area contributed by atoms with Gasteiger partial charge in [0.1, 0.15) is 5.69 Å². The molecular weight excluding hydrogens is 308 g/mol. The van der Waals surface area contributed by atoms with Crippen molar-refractivity contribution in [1.29, 1.82) is 0 Å². The Bertz CT molecular complexity index is 532. The summed E-state index contributed by atoms with van der Waals surface area (Å²) < 4.78 is 0.247. The third-order valence-corrected chi connectivity index (χ3v) is 3.94. The number of carboxylic acids is 1. The zero-order valence-corrected chi connectivity index (χ0v) is 14.4. The van der Waals surface area contributed by atoms with Crippen molar-refractivity contribution < 1.29 is 19.4 Å². The number of unbranched alkanes of at least 4 members (excludes halogenated alkanes) is 8. The van der Waals surface area contributed by atoms with Gasteiger partial charge >= 0.3 is 11.7 Å². The molecule has 0 spiro atoms. The van der Waals surface area contributed by atoms with Gasteiger partial charge in [-0.15, -0.1) is 0 Å². The van der Waals surface area contributed by atoms with Crippen LogP contribution in [-0.4, -0.2) is 17.0 Å². The van der Waals surface area contributed by atoms with E-state index < -0.39 is 11.7 Å². The van der Waals surface area contributed by atoms with E-state index >= 15 is 0 Å². The highest BCUT2D eigenvalue weighted by atomic mass is 16.5. The Labute approximate surface area is 143 Å². The van der Waals surface area contributed by atoms with Gasteiger partial charge in [0.15, 0.2) is 6.20 Å². The lowest BCUT2D eigenvalue weighted by Crippen LogP contribution is -2.35. The summed E-state index contributed by atoms with van der Waals surface area (Å²) in [6.45, 7) is 2.20. The lowest BCUT2D eigenvalue weighted by atomic mass is 10.1. The molecule has 0 saturated heterocycles. The zero-order chi connectivity index (χ0) is 17.8. The van der Waals surface area contributed by atoms with Crippen molar-refractivity contribution >= 4 is 17.6 Å². The number of rotatable bonds is 12. The van der Waals surface area contributed by atoms with E-state index in [0.29, 0.717) is 6.42 Å². The maximum absolute atomic E-state index is 11.9. The molecule has 24 heavy (non-hydrogen) atoms. The first-order valence-corrected chi connectivity index (χ1v) is 8.81. The van der Waals surface area contributed by atoms with E-state index in [9.17, 15) is 14.8 Å². The normalized spacial score (nSPS) is 10.5. The van der Waals surface area contributed by atoms with Gasteiger partial charge in [0, 0.05) is 12.5 Å². The smallest absolute Gasteiger partial charge is 0.404 e. The average molecular weight is 336 g/mol. The van der Waals surface area contributed by atoms with Crippen LogP contribution in [0.4, 0.5) is 5.69 Å². The molecule has 2 N–H and O–H groups in total. The van der Waals surface area contributed by atoms with Crippen LogP contribution >= 0.6 is 0 Å². The van der Waals surface area contributed by atoms with Crippen LogP contribution in [0.15, 0.2) is 18.3 Å². The van der Waals surface area contributed by atoms with Crippen LogP contribution in [0.2, 0.25) is 0 Å². The molecule has 1 rings (SSSR count). The topological polar surface area (TPSA) is 93.3 Å². The van der Waals surface area contributed by atoms with Gasteiger partial charge in [-0.1, -0.05) is 58.3 Å². The minimum atomic E-state index is -1.36. The number of carboxylic acid groups (broad SMARTS) is 1. The molecule has 6 nitrogen and oxygen atoms in total. The van der Waals surface area contributed by atoms with E-state index in [-0.39, 0.29) is 16.3 Å². The molecule has 0 aromatic carbocycles. The number of aromatic carboxylic acids is 1. The van der Waals surface area contributed by atoms with Gasteiger partial charge in [-0.05, 0) is 12.5 Å². The first-order valence-electron chi connectivity index (χ1n) is 8.81. The number of nitrogens with zero attached hydrogens (tertiary/aromatic N) is 1. The van der Waals surface area contributed by atoms with Crippen molar-refractivity contribution in [2.45, 2.75) is 71.1 Å². The Morgan fingerprint density at radius 2 is 1.67 bits per heavy atom. The second-order valence-electron chi connectivity index (χ2n) is 6.03. The van der Waals surface area contributed by atoms with Gasteiger partial charge in [-0.3, -0.25) is 4.79 Å². The molecule has 134 valence electrons. The van der Waals surface area contributed by atoms with Crippen LogP contribution in [-0.2, 0) is 4.79 Å². The van der Waals surface area contributed by atoms with Gasteiger partial charge in [0.05, 0.1) is 0 Å². The highest BCUT2D eigenvalue weighted by Crippen LogP contribution is 2.13. The van der Waals surface area contributed by atoms with E-state index in [4.69, 9.17) is 5.11 Å². The summed E-state index contributed by atoms with van der Waals surface area (Å²) in [5.74, 6) is -1.62. The van der Waals surface area contributed by atoms with Crippen molar-refractivity contribution in [3.05, 3.63) is 29.2 Å². The van der Waals surface area contributed by atoms with Crippen LogP contribution in [0.1, 0.15) is 81.6 Å². The molecule has 1 aromatic heterocycles. The standard InChI is InChI=1S/C18H28N2O4/c1-2-3-4-5-6-7-8-9-10-13-16(21)19-15-12-11-14-20(24)17(15)18(22)23/h11-12,14H,2-10,13H2,1H3,(H,19,21)(H,22,23). The second kappa shape index (κ2) is 11.4. The maximum atomic E-state index is 11.9. The van der Waals surface area contributed by atoms with Crippen LogP contribution in [0, 0.1) is 5.21 Å². The summed E-state index contributed by atoms with van der Waals surface area (Å²) >= 11 is 0. The van der Waals surface area contributed by atoms with E-state index in [1.54, 1.807) is 0 Å². The van der Waals surface area contributed by atoms with Gasteiger partial charge in [-0.2, -0.15) is 4.73 Å². The summed E-state index contributed by atoms with van der Waals surface area (Å²) in [5, 5.41) is 23.0. The van der Waals surface area contributed by atoms with Gasteiger partial charge in [-0.25, -0.2) is 4.79 Å². The molecule has 0 atom stereocenters. The minimum Gasteiger partial charge on any atom is -0.618 e. The van der Waals surface area contributed by atoms with Crippen LogP contribution in [0.5, 0.6) is 0 Å². The fourth-order valence-electron chi connectivity index (χ4n) is 2.61. The van der Waals surface area contributed by atoms with E-state index in [2.05, 4.69) is 12.2 Å². The SMILES string of the molecule is CCCCCCCCCCCC(=O)Nc1ccc[n+]([O-])c1C(=O)O. The van der Waals surface area contributed by atoms with E-state index in [1.807, 2.05) is 0 Å². The highest BCUT2D eigenvalue weighted by Gasteiger charge is 2.21. The van der Waals surface area contributed by atoms with Crippen molar-refractivity contribution in [3.63, 3.8) is 0 Å². The zero-order valence-electron chi connectivity index (χ0n) is 14.4. The molecule has 1 amide bonds. The van der Waals surface area contributed by atoms with E-state index in [0.717, 1.165) is 25.5 Å². The van der Waals surface area contributed by atoms with Gasteiger partial charge in [0.25, 0.3) is 0 Å². The Balaban J connectivity index is 2.23. The summed E-state index contributed by atoms with van der Waals surface area (Å²) in [6.07, 6.45) is 11.9. The molecule has 6 heteroatoms.